The number of nitrogen functional groups attached to an aromatic ring is 1. The summed E-state index contributed by atoms with van der Waals surface area (Å²) in [6.45, 7) is 2.00. The van der Waals surface area contributed by atoms with Gasteiger partial charge in [-0.15, -0.1) is 0 Å². The largest absolute Gasteiger partial charge is 0.383 e. The second kappa shape index (κ2) is 7.98. The van der Waals surface area contributed by atoms with Crippen molar-refractivity contribution in [3.05, 3.63) is 48.5 Å². The predicted octanol–water partition coefficient (Wildman–Crippen LogP) is 3.47. The standard InChI is InChI=1S/C24H22N8O/c1-13-5-20(16-9-29-32(2)12-16)27-10-18(13)21-7-15-8-22(28-11-19(15)23(26)30-21)31-24(33)17-6-14(17)3-4-25/h5,7-12,14,17H,3,6H2,1-2H3,(H2,26,30)(H,28,31,33)/t14-,17-/m1/s1. The summed E-state index contributed by atoms with van der Waals surface area (Å²) in [6, 6.07) is 7.84. The maximum absolute atomic E-state index is 12.4. The summed E-state index contributed by atoms with van der Waals surface area (Å²) in [4.78, 5) is 25.9. The Bertz CT molecular complexity index is 1430. The zero-order chi connectivity index (χ0) is 23.1. The fourth-order valence-electron chi connectivity index (χ4n) is 4.05. The molecular formula is C24H22N8O. The van der Waals surface area contributed by atoms with E-state index in [1.165, 1.54) is 0 Å². The van der Waals surface area contributed by atoms with Crippen molar-refractivity contribution < 1.29 is 4.79 Å². The average molecular weight is 438 g/mol. The van der Waals surface area contributed by atoms with E-state index in [0.717, 1.165) is 34.2 Å². The van der Waals surface area contributed by atoms with Crippen LogP contribution in [0.4, 0.5) is 11.6 Å². The molecule has 4 aromatic rings. The molecule has 5 rings (SSSR count). The molecule has 1 saturated carbocycles. The van der Waals surface area contributed by atoms with E-state index in [2.05, 4.69) is 31.4 Å². The number of hydrogen-bond acceptors (Lipinski definition) is 7. The van der Waals surface area contributed by atoms with E-state index in [9.17, 15) is 4.79 Å². The van der Waals surface area contributed by atoms with Gasteiger partial charge in [0.2, 0.25) is 5.91 Å². The van der Waals surface area contributed by atoms with Gasteiger partial charge in [-0.25, -0.2) is 9.97 Å². The summed E-state index contributed by atoms with van der Waals surface area (Å²) in [5.74, 6) is 0.739. The minimum Gasteiger partial charge on any atom is -0.383 e. The molecule has 3 N–H and O–H groups in total. The minimum absolute atomic E-state index is 0.101. The summed E-state index contributed by atoms with van der Waals surface area (Å²) in [5, 5.41) is 17.4. The van der Waals surface area contributed by atoms with Crippen molar-refractivity contribution in [2.75, 3.05) is 11.1 Å². The Hall–Kier alpha value is -4.32. The van der Waals surface area contributed by atoms with E-state index in [0.29, 0.717) is 29.1 Å². The number of nitriles is 1. The molecule has 9 heteroatoms. The molecule has 164 valence electrons. The maximum atomic E-state index is 12.4. The maximum Gasteiger partial charge on any atom is 0.228 e. The first-order valence-corrected chi connectivity index (χ1v) is 10.6. The van der Waals surface area contributed by atoms with Gasteiger partial charge in [-0.2, -0.15) is 10.4 Å². The molecule has 4 heterocycles. The van der Waals surface area contributed by atoms with Gasteiger partial charge in [-0.05, 0) is 48.4 Å². The van der Waals surface area contributed by atoms with Crippen molar-refractivity contribution in [2.45, 2.75) is 19.8 Å². The lowest BCUT2D eigenvalue weighted by molar-refractivity contribution is -0.117. The van der Waals surface area contributed by atoms with E-state index in [1.54, 1.807) is 29.3 Å². The number of carbonyl (C=O) groups excluding carboxylic acids is 1. The third kappa shape index (κ3) is 3.99. The molecule has 0 aromatic carbocycles. The second-order valence-corrected chi connectivity index (χ2v) is 8.42. The number of aryl methyl sites for hydroxylation is 2. The van der Waals surface area contributed by atoms with Crippen LogP contribution in [-0.2, 0) is 11.8 Å². The lowest BCUT2D eigenvalue weighted by Gasteiger charge is -2.11. The molecule has 1 fully saturated rings. The van der Waals surface area contributed by atoms with Gasteiger partial charge in [0, 0.05) is 54.5 Å². The molecule has 0 bridgehead atoms. The quantitative estimate of drug-likeness (QED) is 0.487. The van der Waals surface area contributed by atoms with Crippen LogP contribution in [0.1, 0.15) is 18.4 Å². The normalized spacial score (nSPS) is 17.0. The Morgan fingerprint density at radius 1 is 1.24 bits per heavy atom. The summed E-state index contributed by atoms with van der Waals surface area (Å²) < 4.78 is 1.74. The average Bonchev–Trinajstić information content (AvgIpc) is 3.43. The zero-order valence-corrected chi connectivity index (χ0v) is 18.3. The molecule has 0 spiro atoms. The van der Waals surface area contributed by atoms with E-state index in [4.69, 9.17) is 11.0 Å². The van der Waals surface area contributed by atoms with Crippen LogP contribution in [0.5, 0.6) is 0 Å². The molecule has 1 aliphatic rings. The molecule has 0 saturated heterocycles. The highest BCUT2D eigenvalue weighted by Gasteiger charge is 2.42. The van der Waals surface area contributed by atoms with Crippen molar-refractivity contribution in [3.63, 3.8) is 0 Å². The van der Waals surface area contributed by atoms with Crippen LogP contribution in [0.2, 0.25) is 0 Å². The molecule has 1 aliphatic carbocycles. The third-order valence-corrected chi connectivity index (χ3v) is 6.00. The second-order valence-electron chi connectivity index (χ2n) is 8.42. The van der Waals surface area contributed by atoms with Crippen LogP contribution >= 0.6 is 0 Å². The number of anilines is 2. The number of hydrogen-bond donors (Lipinski definition) is 2. The highest BCUT2D eigenvalue weighted by molar-refractivity contribution is 5.98. The first kappa shape index (κ1) is 20.6. The van der Waals surface area contributed by atoms with Gasteiger partial charge in [-0.1, -0.05) is 0 Å². The van der Waals surface area contributed by atoms with Crippen molar-refractivity contribution in [1.29, 1.82) is 5.26 Å². The zero-order valence-electron chi connectivity index (χ0n) is 18.3. The highest BCUT2D eigenvalue weighted by Crippen LogP contribution is 2.41. The van der Waals surface area contributed by atoms with Crippen molar-refractivity contribution in [3.8, 4) is 28.6 Å². The van der Waals surface area contributed by atoms with Crippen molar-refractivity contribution >= 4 is 28.3 Å². The van der Waals surface area contributed by atoms with Crippen LogP contribution in [0.3, 0.4) is 0 Å². The van der Waals surface area contributed by atoms with Crippen LogP contribution in [0.15, 0.2) is 43.0 Å². The molecule has 1 amide bonds. The summed E-state index contributed by atoms with van der Waals surface area (Å²) in [7, 11) is 1.87. The third-order valence-electron chi connectivity index (χ3n) is 6.00. The van der Waals surface area contributed by atoms with Crippen LogP contribution in [-0.4, -0.2) is 30.6 Å². The van der Waals surface area contributed by atoms with E-state index in [1.807, 2.05) is 32.3 Å². The summed E-state index contributed by atoms with van der Waals surface area (Å²) >= 11 is 0. The first-order valence-electron chi connectivity index (χ1n) is 10.6. The molecule has 9 nitrogen and oxygen atoms in total. The lowest BCUT2D eigenvalue weighted by Crippen LogP contribution is -2.15. The Kier molecular flexibility index (Phi) is 4.98. The number of fused-ring (bicyclic) bond motifs is 1. The molecule has 0 radical (unpaired) electrons. The number of nitrogens with one attached hydrogen (secondary N) is 1. The van der Waals surface area contributed by atoms with Gasteiger partial charge >= 0.3 is 0 Å². The smallest absolute Gasteiger partial charge is 0.228 e. The van der Waals surface area contributed by atoms with E-state index >= 15 is 0 Å². The van der Waals surface area contributed by atoms with Gasteiger partial charge in [0.15, 0.2) is 0 Å². The van der Waals surface area contributed by atoms with Gasteiger partial charge in [0.1, 0.15) is 11.6 Å². The Labute approximate surface area is 190 Å². The van der Waals surface area contributed by atoms with Gasteiger partial charge < -0.3 is 11.1 Å². The summed E-state index contributed by atoms with van der Waals surface area (Å²) in [6.07, 6.45) is 8.25. The Balaban J connectivity index is 1.44. The van der Waals surface area contributed by atoms with Crippen molar-refractivity contribution in [2.24, 2.45) is 18.9 Å². The number of rotatable bonds is 5. The number of aromatic nitrogens is 5. The minimum atomic E-state index is -0.118. The topological polar surface area (TPSA) is 135 Å². The molecule has 4 aromatic heterocycles. The molecule has 33 heavy (non-hydrogen) atoms. The van der Waals surface area contributed by atoms with Gasteiger partial charge in [0.05, 0.1) is 23.7 Å². The van der Waals surface area contributed by atoms with E-state index in [-0.39, 0.29) is 17.7 Å². The Morgan fingerprint density at radius 3 is 2.82 bits per heavy atom. The Morgan fingerprint density at radius 2 is 2.09 bits per heavy atom. The fourth-order valence-corrected chi connectivity index (χ4v) is 4.05. The van der Waals surface area contributed by atoms with Crippen LogP contribution < -0.4 is 11.1 Å². The number of nitrogens with two attached hydrogens (primary N) is 1. The number of amides is 1. The summed E-state index contributed by atoms with van der Waals surface area (Å²) in [5.41, 5.74) is 10.6. The first-order chi connectivity index (χ1) is 15.9. The van der Waals surface area contributed by atoms with Crippen LogP contribution in [0.25, 0.3) is 33.3 Å². The van der Waals surface area contributed by atoms with E-state index < -0.39 is 0 Å². The monoisotopic (exact) mass is 438 g/mol. The number of carbonyl (C=O) groups is 1. The molecule has 0 unspecified atom stereocenters. The lowest BCUT2D eigenvalue weighted by atomic mass is 10.0. The highest BCUT2D eigenvalue weighted by atomic mass is 16.2. The predicted molar refractivity (Wildman–Crippen MR) is 125 cm³/mol. The number of pyridine rings is 3. The van der Waals surface area contributed by atoms with Gasteiger partial charge in [0.25, 0.3) is 0 Å². The molecule has 2 atom stereocenters. The molecule has 0 aliphatic heterocycles. The van der Waals surface area contributed by atoms with Gasteiger partial charge in [-0.3, -0.25) is 14.5 Å². The van der Waals surface area contributed by atoms with Crippen LogP contribution in [0, 0.1) is 30.1 Å². The number of nitrogens with zero attached hydrogens (tertiary/aromatic N) is 6. The molecular weight excluding hydrogens is 416 g/mol. The van der Waals surface area contributed by atoms with Crippen molar-refractivity contribution in [1.82, 2.24) is 24.7 Å². The SMILES string of the molecule is Cc1cc(-c2cnn(C)c2)ncc1-c1cc2cc(NC(=O)[C@@H]3C[C@H]3CC#N)ncc2c(N)n1. The fraction of sp³-hybridized carbons (Fsp3) is 0.250.